The van der Waals surface area contributed by atoms with Crippen molar-refractivity contribution in [3.63, 3.8) is 0 Å². The van der Waals surface area contributed by atoms with Gasteiger partial charge in [-0.05, 0) is 75.1 Å². The molecule has 4 nitrogen and oxygen atoms in total. The number of rotatable bonds is 4. The standard InChI is InChI=1S/C22H31N3O/c26-21-9-10-22(18-25(21)17-20-8-4-5-13-23-20)11-14-24(15-12-22)16-19-6-2-1-3-7-19/h1-2,4-5,8,13,19H,3,6-7,9-12,14-18H2/t19-/m0/s1. The van der Waals surface area contributed by atoms with E-state index in [1.807, 2.05) is 24.4 Å². The highest BCUT2D eigenvalue weighted by Gasteiger charge is 2.41. The Balaban J connectivity index is 1.32. The molecule has 2 fully saturated rings. The zero-order valence-electron chi connectivity index (χ0n) is 15.8. The van der Waals surface area contributed by atoms with Gasteiger partial charge in [-0.3, -0.25) is 9.78 Å². The van der Waals surface area contributed by atoms with Crippen molar-refractivity contribution in [3.05, 3.63) is 42.2 Å². The largest absolute Gasteiger partial charge is 0.336 e. The minimum atomic E-state index is 0.303. The minimum Gasteiger partial charge on any atom is -0.336 e. The van der Waals surface area contributed by atoms with Crippen LogP contribution in [0.5, 0.6) is 0 Å². The maximum Gasteiger partial charge on any atom is 0.222 e. The fourth-order valence-electron chi connectivity index (χ4n) is 4.94. The Morgan fingerprint density at radius 3 is 2.77 bits per heavy atom. The van der Waals surface area contributed by atoms with Crippen molar-refractivity contribution in [2.24, 2.45) is 11.3 Å². The number of amides is 1. The first kappa shape index (κ1) is 17.7. The van der Waals surface area contributed by atoms with E-state index >= 15 is 0 Å². The normalized spacial score (nSPS) is 26.4. The predicted molar refractivity (Wildman–Crippen MR) is 103 cm³/mol. The van der Waals surface area contributed by atoms with Gasteiger partial charge in [0.1, 0.15) is 0 Å². The first-order valence-corrected chi connectivity index (χ1v) is 10.3. The Morgan fingerprint density at radius 2 is 2.04 bits per heavy atom. The average molecular weight is 354 g/mol. The van der Waals surface area contributed by atoms with Gasteiger partial charge in [0.25, 0.3) is 0 Å². The molecule has 1 amide bonds. The Kier molecular flexibility index (Phi) is 5.39. The molecule has 0 saturated carbocycles. The third-order valence-corrected chi connectivity index (χ3v) is 6.64. The summed E-state index contributed by atoms with van der Waals surface area (Å²) in [6.07, 6.45) is 14.6. The third-order valence-electron chi connectivity index (χ3n) is 6.64. The van der Waals surface area contributed by atoms with Gasteiger partial charge in [0.05, 0.1) is 12.2 Å². The monoisotopic (exact) mass is 353 g/mol. The van der Waals surface area contributed by atoms with Gasteiger partial charge in [0.2, 0.25) is 5.91 Å². The fraction of sp³-hybridized carbons (Fsp3) is 0.636. The van der Waals surface area contributed by atoms with E-state index in [-0.39, 0.29) is 0 Å². The van der Waals surface area contributed by atoms with E-state index in [4.69, 9.17) is 0 Å². The van der Waals surface area contributed by atoms with Crippen LogP contribution in [0.3, 0.4) is 0 Å². The number of pyridine rings is 1. The molecule has 1 aromatic rings. The van der Waals surface area contributed by atoms with Crippen LogP contribution in [-0.2, 0) is 11.3 Å². The number of carbonyl (C=O) groups is 1. The van der Waals surface area contributed by atoms with Gasteiger partial charge in [-0.1, -0.05) is 18.2 Å². The Morgan fingerprint density at radius 1 is 1.15 bits per heavy atom. The Bertz CT molecular complexity index is 634. The van der Waals surface area contributed by atoms with Crippen molar-refractivity contribution in [3.8, 4) is 0 Å². The van der Waals surface area contributed by atoms with E-state index in [2.05, 4.69) is 26.9 Å². The SMILES string of the molecule is O=C1CCC2(CCN(C[C@H]3CC=CCC3)CC2)CN1Cc1ccccn1. The summed E-state index contributed by atoms with van der Waals surface area (Å²) in [4.78, 5) is 21.6. The molecule has 4 heteroatoms. The van der Waals surface area contributed by atoms with Gasteiger partial charge in [0, 0.05) is 25.7 Å². The molecule has 0 N–H and O–H groups in total. The van der Waals surface area contributed by atoms with Crippen molar-refractivity contribution < 1.29 is 4.79 Å². The summed E-state index contributed by atoms with van der Waals surface area (Å²) < 4.78 is 0. The summed E-state index contributed by atoms with van der Waals surface area (Å²) in [6, 6.07) is 5.96. The zero-order valence-corrected chi connectivity index (χ0v) is 15.8. The average Bonchev–Trinajstić information content (AvgIpc) is 2.69. The minimum absolute atomic E-state index is 0.303. The molecule has 3 aliphatic rings. The second kappa shape index (κ2) is 7.91. The molecule has 0 unspecified atom stereocenters. The molecule has 26 heavy (non-hydrogen) atoms. The number of hydrogen-bond donors (Lipinski definition) is 0. The van der Waals surface area contributed by atoms with Crippen molar-refractivity contribution >= 4 is 5.91 Å². The van der Waals surface area contributed by atoms with Crippen LogP contribution in [-0.4, -0.2) is 46.9 Å². The molecule has 140 valence electrons. The molecule has 1 aliphatic carbocycles. The lowest BCUT2D eigenvalue weighted by Gasteiger charge is -2.48. The van der Waals surface area contributed by atoms with Crippen molar-refractivity contribution in [1.29, 1.82) is 0 Å². The van der Waals surface area contributed by atoms with Crippen LogP contribution < -0.4 is 0 Å². The number of piperidine rings is 2. The van der Waals surface area contributed by atoms with Crippen LogP contribution in [0.1, 0.15) is 50.6 Å². The maximum atomic E-state index is 12.4. The zero-order chi connectivity index (χ0) is 17.8. The molecule has 2 aliphatic heterocycles. The van der Waals surface area contributed by atoms with E-state index in [9.17, 15) is 4.79 Å². The molecule has 2 saturated heterocycles. The van der Waals surface area contributed by atoms with Crippen LogP contribution in [0.15, 0.2) is 36.5 Å². The highest BCUT2D eigenvalue weighted by molar-refractivity contribution is 5.77. The second-order valence-electron chi connectivity index (χ2n) is 8.52. The predicted octanol–water partition coefficient (Wildman–Crippen LogP) is 3.64. The topological polar surface area (TPSA) is 36.4 Å². The van der Waals surface area contributed by atoms with E-state index in [1.165, 1.54) is 51.7 Å². The maximum absolute atomic E-state index is 12.4. The number of allylic oxidation sites excluding steroid dienone is 2. The van der Waals surface area contributed by atoms with Gasteiger partial charge >= 0.3 is 0 Å². The van der Waals surface area contributed by atoms with Crippen LogP contribution in [0.25, 0.3) is 0 Å². The Hall–Kier alpha value is -1.68. The summed E-state index contributed by atoms with van der Waals surface area (Å²) in [7, 11) is 0. The van der Waals surface area contributed by atoms with E-state index < -0.39 is 0 Å². The van der Waals surface area contributed by atoms with Crippen LogP contribution in [0.2, 0.25) is 0 Å². The first-order valence-electron chi connectivity index (χ1n) is 10.3. The molecule has 4 rings (SSSR count). The lowest BCUT2D eigenvalue weighted by atomic mass is 9.72. The lowest BCUT2D eigenvalue weighted by Crippen LogP contribution is -2.51. The summed E-state index contributed by atoms with van der Waals surface area (Å²) in [5, 5.41) is 0. The number of hydrogen-bond acceptors (Lipinski definition) is 3. The summed E-state index contributed by atoms with van der Waals surface area (Å²) in [6.45, 7) is 5.25. The molecule has 0 aromatic carbocycles. The highest BCUT2D eigenvalue weighted by atomic mass is 16.2. The smallest absolute Gasteiger partial charge is 0.222 e. The molecule has 0 radical (unpaired) electrons. The summed E-state index contributed by atoms with van der Waals surface area (Å²) in [5.74, 6) is 1.15. The van der Waals surface area contributed by atoms with Gasteiger partial charge in [0.15, 0.2) is 0 Å². The number of likely N-dealkylation sites (tertiary alicyclic amines) is 2. The van der Waals surface area contributed by atoms with E-state index in [0.717, 1.165) is 24.6 Å². The van der Waals surface area contributed by atoms with Crippen LogP contribution >= 0.6 is 0 Å². The molecule has 1 aromatic heterocycles. The second-order valence-corrected chi connectivity index (χ2v) is 8.52. The van der Waals surface area contributed by atoms with Crippen molar-refractivity contribution in [2.45, 2.75) is 51.5 Å². The van der Waals surface area contributed by atoms with Gasteiger partial charge in [-0.2, -0.15) is 0 Å². The van der Waals surface area contributed by atoms with Gasteiger partial charge < -0.3 is 9.80 Å². The number of carbonyl (C=O) groups excluding carboxylic acids is 1. The molecule has 1 spiro atoms. The van der Waals surface area contributed by atoms with Crippen molar-refractivity contribution in [1.82, 2.24) is 14.8 Å². The summed E-state index contributed by atoms with van der Waals surface area (Å²) >= 11 is 0. The lowest BCUT2D eigenvalue weighted by molar-refractivity contribution is -0.140. The third kappa shape index (κ3) is 4.17. The van der Waals surface area contributed by atoms with E-state index in [1.54, 1.807) is 0 Å². The van der Waals surface area contributed by atoms with Gasteiger partial charge in [-0.25, -0.2) is 0 Å². The summed E-state index contributed by atoms with van der Waals surface area (Å²) in [5.41, 5.74) is 1.34. The molecular formula is C22H31N3O. The molecule has 3 heterocycles. The van der Waals surface area contributed by atoms with Crippen LogP contribution in [0.4, 0.5) is 0 Å². The molecular weight excluding hydrogens is 322 g/mol. The quantitative estimate of drug-likeness (QED) is 0.776. The molecule has 1 atom stereocenters. The fourth-order valence-corrected chi connectivity index (χ4v) is 4.94. The number of aromatic nitrogens is 1. The van der Waals surface area contributed by atoms with Crippen LogP contribution in [0, 0.1) is 11.3 Å². The highest BCUT2D eigenvalue weighted by Crippen LogP contribution is 2.41. The molecule has 0 bridgehead atoms. The first-order chi connectivity index (χ1) is 12.7. The van der Waals surface area contributed by atoms with Crippen molar-refractivity contribution in [2.75, 3.05) is 26.2 Å². The van der Waals surface area contributed by atoms with Gasteiger partial charge in [-0.15, -0.1) is 0 Å². The van der Waals surface area contributed by atoms with E-state index in [0.29, 0.717) is 24.3 Å². The number of nitrogens with zero attached hydrogens (tertiary/aromatic N) is 3. The Labute approximate surface area is 157 Å².